The van der Waals surface area contributed by atoms with Crippen molar-refractivity contribution in [1.82, 2.24) is 15.1 Å². The summed E-state index contributed by atoms with van der Waals surface area (Å²) in [5, 5.41) is 2.97. The van der Waals surface area contributed by atoms with Crippen molar-refractivity contribution in [3.05, 3.63) is 0 Å². The number of hydrogen-bond donors (Lipinski definition) is 1. The molecule has 2 saturated heterocycles. The lowest BCUT2D eigenvalue weighted by Gasteiger charge is -2.35. The van der Waals surface area contributed by atoms with E-state index in [-0.39, 0.29) is 30.4 Å². The summed E-state index contributed by atoms with van der Waals surface area (Å²) in [5.41, 5.74) is 0. The van der Waals surface area contributed by atoms with E-state index in [2.05, 4.69) is 19.2 Å². The van der Waals surface area contributed by atoms with Gasteiger partial charge in [0, 0.05) is 32.2 Å². The number of likely N-dealkylation sites (tertiary alicyclic amines) is 2. The standard InChI is InChI=1S/C19H31N3O4/c1-13-9-14(2)11-22(10-13)17(23)12-26-18(24)15-5-7-21(8-6-15)19(25)20-16-3-4-16/h13-16H,3-12H2,1-2H3,(H,20,25)/t13-,14-/m0/s1. The summed E-state index contributed by atoms with van der Waals surface area (Å²) in [6, 6.07) is 0.319. The summed E-state index contributed by atoms with van der Waals surface area (Å²) in [7, 11) is 0. The molecule has 7 heteroatoms. The van der Waals surface area contributed by atoms with Gasteiger partial charge in [-0.15, -0.1) is 0 Å². The molecule has 0 aromatic heterocycles. The van der Waals surface area contributed by atoms with Gasteiger partial charge in [-0.1, -0.05) is 13.8 Å². The van der Waals surface area contributed by atoms with Gasteiger partial charge in [-0.2, -0.15) is 0 Å². The van der Waals surface area contributed by atoms with Gasteiger partial charge in [-0.05, 0) is 43.9 Å². The second-order valence-electron chi connectivity index (χ2n) is 8.34. The number of nitrogens with one attached hydrogen (secondary N) is 1. The Morgan fingerprint density at radius 2 is 1.58 bits per heavy atom. The highest BCUT2D eigenvalue weighted by Gasteiger charge is 2.32. The Morgan fingerprint density at radius 1 is 0.962 bits per heavy atom. The first-order valence-electron chi connectivity index (χ1n) is 9.92. The molecular formula is C19H31N3O4. The summed E-state index contributed by atoms with van der Waals surface area (Å²) in [4.78, 5) is 40.2. The van der Waals surface area contributed by atoms with Crippen molar-refractivity contribution >= 4 is 17.9 Å². The Hall–Kier alpha value is -1.79. The van der Waals surface area contributed by atoms with Crippen LogP contribution in [0.3, 0.4) is 0 Å². The van der Waals surface area contributed by atoms with Crippen molar-refractivity contribution in [2.75, 3.05) is 32.8 Å². The molecule has 0 bridgehead atoms. The lowest BCUT2D eigenvalue weighted by atomic mass is 9.92. The van der Waals surface area contributed by atoms with Crippen molar-refractivity contribution in [2.45, 2.75) is 52.0 Å². The Labute approximate surface area is 155 Å². The fraction of sp³-hybridized carbons (Fsp3) is 0.842. The fourth-order valence-electron chi connectivity index (χ4n) is 4.02. The van der Waals surface area contributed by atoms with Crippen LogP contribution in [0.5, 0.6) is 0 Å². The van der Waals surface area contributed by atoms with Gasteiger partial charge in [-0.3, -0.25) is 9.59 Å². The van der Waals surface area contributed by atoms with Crippen molar-refractivity contribution in [2.24, 2.45) is 17.8 Å². The van der Waals surface area contributed by atoms with Crippen LogP contribution >= 0.6 is 0 Å². The molecule has 0 radical (unpaired) electrons. The minimum atomic E-state index is -0.307. The van der Waals surface area contributed by atoms with Crippen LogP contribution in [0.25, 0.3) is 0 Å². The Balaban J connectivity index is 1.37. The molecule has 1 saturated carbocycles. The molecule has 3 rings (SSSR count). The summed E-state index contributed by atoms with van der Waals surface area (Å²) in [6.45, 7) is 6.75. The highest BCUT2D eigenvalue weighted by atomic mass is 16.5. The van der Waals surface area contributed by atoms with Crippen LogP contribution in [0.15, 0.2) is 0 Å². The van der Waals surface area contributed by atoms with E-state index < -0.39 is 0 Å². The van der Waals surface area contributed by atoms with Gasteiger partial charge in [0.25, 0.3) is 5.91 Å². The van der Waals surface area contributed by atoms with Gasteiger partial charge in [0.15, 0.2) is 6.61 Å². The number of esters is 1. The quantitative estimate of drug-likeness (QED) is 0.768. The van der Waals surface area contributed by atoms with Gasteiger partial charge in [0.2, 0.25) is 0 Å². The molecule has 0 spiro atoms. The minimum Gasteiger partial charge on any atom is -0.455 e. The van der Waals surface area contributed by atoms with Crippen LogP contribution in [0.1, 0.15) is 46.0 Å². The highest BCUT2D eigenvalue weighted by molar-refractivity contribution is 5.81. The monoisotopic (exact) mass is 365 g/mol. The molecule has 3 aliphatic rings. The lowest BCUT2D eigenvalue weighted by molar-refractivity contribution is -0.157. The fourth-order valence-corrected chi connectivity index (χ4v) is 4.02. The van der Waals surface area contributed by atoms with Gasteiger partial charge in [0.1, 0.15) is 0 Å². The van der Waals surface area contributed by atoms with E-state index in [0.29, 0.717) is 43.8 Å². The number of piperidine rings is 2. The predicted molar refractivity (Wildman–Crippen MR) is 96.3 cm³/mol. The predicted octanol–water partition coefficient (Wildman–Crippen LogP) is 1.62. The first-order chi connectivity index (χ1) is 12.4. The van der Waals surface area contributed by atoms with Gasteiger partial charge in [-0.25, -0.2) is 4.79 Å². The first-order valence-corrected chi connectivity index (χ1v) is 9.92. The summed E-state index contributed by atoms with van der Waals surface area (Å²) < 4.78 is 5.29. The zero-order chi connectivity index (χ0) is 18.7. The third-order valence-electron chi connectivity index (χ3n) is 5.58. The Bertz CT molecular complexity index is 531. The second kappa shape index (κ2) is 8.27. The van der Waals surface area contributed by atoms with E-state index >= 15 is 0 Å². The smallest absolute Gasteiger partial charge is 0.317 e. The number of nitrogens with zero attached hydrogens (tertiary/aromatic N) is 2. The zero-order valence-corrected chi connectivity index (χ0v) is 15.9. The number of amides is 3. The van der Waals surface area contributed by atoms with Crippen molar-refractivity contribution < 1.29 is 19.1 Å². The normalized spacial score (nSPS) is 27.2. The van der Waals surface area contributed by atoms with E-state index in [9.17, 15) is 14.4 Å². The molecule has 26 heavy (non-hydrogen) atoms. The molecule has 2 aliphatic heterocycles. The molecule has 1 N–H and O–H groups in total. The molecule has 3 amide bonds. The molecule has 2 heterocycles. The summed E-state index contributed by atoms with van der Waals surface area (Å²) >= 11 is 0. The molecule has 0 aromatic carbocycles. The van der Waals surface area contributed by atoms with Gasteiger partial charge >= 0.3 is 12.0 Å². The topological polar surface area (TPSA) is 79.0 Å². The average Bonchev–Trinajstić information content (AvgIpc) is 3.42. The molecule has 0 aromatic rings. The number of carbonyl (C=O) groups excluding carboxylic acids is 3. The van der Waals surface area contributed by atoms with Crippen LogP contribution < -0.4 is 5.32 Å². The zero-order valence-electron chi connectivity index (χ0n) is 15.9. The van der Waals surface area contributed by atoms with Crippen molar-refractivity contribution in [1.29, 1.82) is 0 Å². The van der Waals surface area contributed by atoms with E-state index in [4.69, 9.17) is 4.74 Å². The molecule has 0 unspecified atom stereocenters. The molecule has 7 nitrogen and oxygen atoms in total. The largest absolute Gasteiger partial charge is 0.455 e. The molecular weight excluding hydrogens is 334 g/mol. The van der Waals surface area contributed by atoms with E-state index in [1.165, 1.54) is 0 Å². The number of hydrogen-bond acceptors (Lipinski definition) is 4. The second-order valence-corrected chi connectivity index (χ2v) is 8.34. The summed E-state index contributed by atoms with van der Waals surface area (Å²) in [6.07, 6.45) is 4.47. The summed E-state index contributed by atoms with van der Waals surface area (Å²) in [5.74, 6) is 0.359. The number of rotatable bonds is 4. The maximum Gasteiger partial charge on any atom is 0.317 e. The van der Waals surface area contributed by atoms with E-state index in [1.54, 1.807) is 4.90 Å². The SMILES string of the molecule is C[C@H]1C[C@H](C)CN(C(=O)COC(=O)C2CCN(C(=O)NC3CC3)CC2)C1. The van der Waals surface area contributed by atoms with Crippen LogP contribution in [0.4, 0.5) is 4.79 Å². The Kier molecular flexibility index (Phi) is 6.04. The Morgan fingerprint density at radius 3 is 2.15 bits per heavy atom. The van der Waals surface area contributed by atoms with Crippen LogP contribution in [0, 0.1) is 17.8 Å². The van der Waals surface area contributed by atoms with Crippen LogP contribution in [0.2, 0.25) is 0 Å². The molecule has 146 valence electrons. The van der Waals surface area contributed by atoms with Crippen molar-refractivity contribution in [3.8, 4) is 0 Å². The average molecular weight is 365 g/mol. The third kappa shape index (κ3) is 5.11. The maximum absolute atomic E-state index is 12.3. The third-order valence-corrected chi connectivity index (χ3v) is 5.58. The van der Waals surface area contributed by atoms with E-state index in [1.807, 2.05) is 4.90 Å². The molecule has 1 aliphatic carbocycles. The maximum atomic E-state index is 12.3. The number of ether oxygens (including phenoxy) is 1. The van der Waals surface area contributed by atoms with E-state index in [0.717, 1.165) is 32.4 Å². The van der Waals surface area contributed by atoms with Gasteiger partial charge in [0.05, 0.1) is 5.92 Å². The number of urea groups is 1. The van der Waals surface area contributed by atoms with Gasteiger partial charge < -0.3 is 19.9 Å². The first kappa shape index (κ1) is 19.0. The lowest BCUT2D eigenvalue weighted by Crippen LogP contribution is -2.47. The van der Waals surface area contributed by atoms with Crippen molar-refractivity contribution in [3.63, 3.8) is 0 Å². The molecule has 3 fully saturated rings. The van der Waals surface area contributed by atoms with Crippen LogP contribution in [-0.2, 0) is 14.3 Å². The van der Waals surface area contributed by atoms with Crippen LogP contribution in [-0.4, -0.2) is 66.5 Å². The number of carbonyl (C=O) groups is 3. The minimum absolute atomic E-state index is 0.0252. The molecule has 2 atom stereocenters. The highest BCUT2D eigenvalue weighted by Crippen LogP contribution is 2.23.